The lowest BCUT2D eigenvalue weighted by Crippen LogP contribution is -2.20. The van der Waals surface area contributed by atoms with E-state index < -0.39 is 16.4 Å². The number of hydrogen-bond donors (Lipinski definition) is 8. The number of carboxylic acid groups (broad SMARTS) is 1. The summed E-state index contributed by atoms with van der Waals surface area (Å²) in [6.07, 6.45) is 0. The Hall–Kier alpha value is -2.29. The van der Waals surface area contributed by atoms with Gasteiger partial charge in [-0.1, -0.05) is 0 Å². The van der Waals surface area contributed by atoms with Crippen molar-refractivity contribution in [3.05, 3.63) is 5.82 Å². The van der Waals surface area contributed by atoms with Gasteiger partial charge in [0.25, 0.3) is 5.97 Å². The highest BCUT2D eigenvalue weighted by Crippen LogP contribution is 1.86. The Kier molecular flexibility index (Phi) is 14.4. The Balaban J connectivity index is -0.000000212. The highest BCUT2D eigenvalue weighted by molar-refractivity contribution is 7.79. The van der Waals surface area contributed by atoms with Gasteiger partial charge in [0.2, 0.25) is 5.95 Å². The van der Waals surface area contributed by atoms with Crippen LogP contribution < -0.4 is 17.2 Å². The Labute approximate surface area is 120 Å². The van der Waals surface area contributed by atoms with Crippen LogP contribution in [0.4, 0.5) is 5.95 Å². The van der Waals surface area contributed by atoms with E-state index in [-0.39, 0.29) is 12.4 Å². The minimum absolute atomic E-state index is 0.0324. The molecule has 14 heteroatoms. The number of aromatic amines is 1. The molecule has 0 aliphatic rings. The van der Waals surface area contributed by atoms with Crippen molar-refractivity contribution in [2.45, 2.75) is 13.8 Å². The molecule has 0 amide bonds. The number of aliphatic carboxylic acids is 1. The van der Waals surface area contributed by atoms with Crippen molar-refractivity contribution in [2.24, 2.45) is 11.5 Å². The number of H-pyrrole nitrogens is 1. The smallest absolute Gasteiger partial charge is 0.394 e. The van der Waals surface area contributed by atoms with Crippen LogP contribution in [0.2, 0.25) is 0 Å². The second-order valence-electron chi connectivity index (χ2n) is 2.98. The normalized spacial score (nSPS) is 8.81. The van der Waals surface area contributed by atoms with E-state index in [1.54, 1.807) is 6.92 Å². The summed E-state index contributed by atoms with van der Waals surface area (Å²) in [4.78, 5) is 12.7. The third kappa shape index (κ3) is 57.6. The lowest BCUT2D eigenvalue weighted by Gasteiger charge is -1.79. The van der Waals surface area contributed by atoms with Crippen LogP contribution in [0.15, 0.2) is 0 Å². The fourth-order valence-corrected chi connectivity index (χ4v) is 0.360. The molecular formula is C7H19N7O6S. The van der Waals surface area contributed by atoms with E-state index in [0.717, 1.165) is 12.7 Å². The number of aromatic nitrogens is 3. The molecule has 0 bridgehead atoms. The molecule has 1 heterocycles. The van der Waals surface area contributed by atoms with Crippen molar-refractivity contribution >= 4 is 28.2 Å². The molecule has 1 rings (SSSR count). The Morgan fingerprint density at radius 2 is 1.71 bits per heavy atom. The molecule has 0 aliphatic heterocycles. The molecule has 1 aromatic heterocycles. The first-order valence-electron chi connectivity index (χ1n) is 4.86. The number of rotatable bonds is 1. The molecule has 0 aromatic carbocycles. The van der Waals surface area contributed by atoms with Gasteiger partial charge < -0.3 is 22.3 Å². The maximum atomic E-state index is 9.00. The topological polar surface area (TPSA) is 255 Å². The summed E-state index contributed by atoms with van der Waals surface area (Å²) in [5, 5.41) is 20.0. The largest absolute Gasteiger partial charge is 0.481 e. The third-order valence-electron chi connectivity index (χ3n) is 0.834. The predicted molar refractivity (Wildman–Crippen MR) is 74.0 cm³/mol. The fraction of sp³-hybridized carbons (Fsp3) is 0.429. The summed E-state index contributed by atoms with van der Waals surface area (Å²) in [7, 11) is -4.67. The average Bonchev–Trinajstić information content (AvgIpc) is 2.60. The Morgan fingerprint density at radius 3 is 1.76 bits per heavy atom. The summed E-state index contributed by atoms with van der Waals surface area (Å²) in [6.45, 7) is 3.04. The summed E-state index contributed by atoms with van der Waals surface area (Å²) in [5.41, 5.74) is 14.7. The van der Waals surface area contributed by atoms with E-state index in [1.807, 2.05) is 0 Å². The summed E-state index contributed by atoms with van der Waals surface area (Å²) in [6, 6.07) is 0. The van der Waals surface area contributed by atoms with Gasteiger partial charge in [-0.15, -0.1) is 5.10 Å². The highest BCUT2D eigenvalue weighted by Gasteiger charge is 1.86. The van der Waals surface area contributed by atoms with Crippen LogP contribution in [-0.4, -0.2) is 56.2 Å². The number of hydrogen-bond acceptors (Lipinski definition) is 8. The van der Waals surface area contributed by atoms with Crippen LogP contribution in [0.3, 0.4) is 0 Å². The molecule has 11 N–H and O–H groups in total. The first kappa shape index (κ1) is 23.8. The van der Waals surface area contributed by atoms with Crippen LogP contribution in [0.25, 0.3) is 0 Å². The monoisotopic (exact) mass is 329 g/mol. The van der Waals surface area contributed by atoms with Crippen molar-refractivity contribution in [3.63, 3.8) is 0 Å². The van der Waals surface area contributed by atoms with Gasteiger partial charge >= 0.3 is 10.4 Å². The lowest BCUT2D eigenvalue weighted by atomic mass is 10.6. The summed E-state index contributed by atoms with van der Waals surface area (Å²) >= 11 is 0. The molecule has 13 nitrogen and oxygen atoms in total. The van der Waals surface area contributed by atoms with Gasteiger partial charge in [0, 0.05) is 6.92 Å². The maximum absolute atomic E-state index is 9.00. The molecular weight excluding hydrogens is 310 g/mol. The number of anilines is 1. The van der Waals surface area contributed by atoms with E-state index in [0.29, 0.717) is 5.95 Å². The van der Waals surface area contributed by atoms with Crippen LogP contribution in [-0.2, 0) is 15.2 Å². The fourth-order valence-electron chi connectivity index (χ4n) is 0.360. The van der Waals surface area contributed by atoms with Gasteiger partial charge in [-0.05, 0) is 6.92 Å². The predicted octanol–water partition coefficient (Wildman–Crippen LogP) is -1.99. The zero-order valence-corrected chi connectivity index (χ0v) is 12.1. The summed E-state index contributed by atoms with van der Waals surface area (Å²) in [5.74, 6) is 0.250. The minimum atomic E-state index is -4.67. The van der Waals surface area contributed by atoms with Crippen molar-refractivity contribution in [1.82, 2.24) is 15.2 Å². The summed E-state index contributed by atoms with van der Waals surface area (Å²) < 4.78 is 31.6. The number of nitrogens with zero attached hydrogens (tertiary/aromatic N) is 2. The van der Waals surface area contributed by atoms with Crippen LogP contribution in [0.1, 0.15) is 12.7 Å². The zero-order valence-electron chi connectivity index (χ0n) is 11.3. The highest BCUT2D eigenvalue weighted by atomic mass is 32.3. The molecule has 0 spiro atoms. The lowest BCUT2D eigenvalue weighted by molar-refractivity contribution is -0.134. The van der Waals surface area contributed by atoms with E-state index >= 15 is 0 Å². The zero-order chi connectivity index (χ0) is 17.6. The SMILES string of the molecule is CC(=O)O.Cc1nc(N)n[nH]1.N=C(N)CN.O=S(=O)(O)O. The average molecular weight is 329 g/mol. The van der Waals surface area contributed by atoms with Crippen molar-refractivity contribution in [1.29, 1.82) is 5.41 Å². The molecule has 0 unspecified atom stereocenters. The number of nitrogens with two attached hydrogens (primary N) is 3. The van der Waals surface area contributed by atoms with Crippen molar-refractivity contribution in [2.75, 3.05) is 12.3 Å². The molecule has 0 saturated carbocycles. The molecule has 21 heavy (non-hydrogen) atoms. The molecule has 124 valence electrons. The Morgan fingerprint density at radius 1 is 1.43 bits per heavy atom. The maximum Gasteiger partial charge on any atom is 0.394 e. The molecule has 0 fully saturated rings. The Bertz CT molecular complexity index is 485. The second kappa shape index (κ2) is 12.7. The molecule has 0 saturated heterocycles. The van der Waals surface area contributed by atoms with Gasteiger partial charge in [-0.25, -0.2) is 0 Å². The van der Waals surface area contributed by atoms with Gasteiger partial charge in [0.05, 0.1) is 6.54 Å². The van der Waals surface area contributed by atoms with Crippen LogP contribution >= 0.6 is 0 Å². The van der Waals surface area contributed by atoms with Crippen molar-refractivity contribution in [3.8, 4) is 0 Å². The van der Waals surface area contributed by atoms with E-state index in [1.165, 1.54) is 0 Å². The first-order valence-corrected chi connectivity index (χ1v) is 6.26. The minimum Gasteiger partial charge on any atom is -0.481 e. The van der Waals surface area contributed by atoms with E-state index in [2.05, 4.69) is 15.2 Å². The first-order chi connectivity index (χ1) is 9.29. The van der Waals surface area contributed by atoms with Gasteiger partial charge in [0.1, 0.15) is 11.7 Å². The van der Waals surface area contributed by atoms with E-state index in [9.17, 15) is 0 Å². The van der Waals surface area contributed by atoms with Crippen LogP contribution in [0, 0.1) is 12.3 Å². The number of aryl methyl sites for hydroxylation is 1. The van der Waals surface area contributed by atoms with Gasteiger partial charge in [-0.2, -0.15) is 13.4 Å². The second-order valence-corrected chi connectivity index (χ2v) is 3.87. The standard InChI is InChI=1S/C3H6N4.C2H7N3.C2H4O2.H2O4S/c1-2-5-3(4)7-6-2;3-1-2(4)5;1-2(3)4;1-5(2,3)4/h1H3,(H3,4,5,6,7);1,3H2,(H3,4,5);1H3,(H,3,4);(H2,1,2,3,4). The molecule has 0 radical (unpaired) electrons. The number of amidine groups is 1. The van der Waals surface area contributed by atoms with Crippen molar-refractivity contribution < 1.29 is 27.4 Å². The molecule has 0 aliphatic carbocycles. The van der Waals surface area contributed by atoms with Gasteiger partial charge in [-0.3, -0.25) is 24.4 Å². The van der Waals surface area contributed by atoms with Crippen LogP contribution in [0.5, 0.6) is 0 Å². The van der Waals surface area contributed by atoms with E-state index in [4.69, 9.17) is 50.0 Å². The molecule has 0 atom stereocenters. The quantitative estimate of drug-likeness (QED) is 0.159. The third-order valence-corrected chi connectivity index (χ3v) is 0.834. The number of carboxylic acids is 1. The number of carbonyl (C=O) groups is 1. The molecule has 1 aromatic rings. The number of nitrogens with one attached hydrogen (secondary N) is 2. The number of nitrogen functional groups attached to an aromatic ring is 1. The van der Waals surface area contributed by atoms with Gasteiger partial charge in [0.15, 0.2) is 0 Å².